The number of hydrogen-bond donors (Lipinski definition) is 1. The molecule has 13 heteroatoms. The first kappa shape index (κ1) is 26.1. The van der Waals surface area contributed by atoms with Crippen molar-refractivity contribution in [3.05, 3.63) is 52.4 Å². The molecule has 2 aliphatic rings. The van der Waals surface area contributed by atoms with E-state index < -0.39 is 30.1 Å². The minimum Gasteiger partial charge on any atom is -0.462 e. The Bertz CT molecular complexity index is 1110. The van der Waals surface area contributed by atoms with E-state index in [1.54, 1.807) is 36.1 Å². The van der Waals surface area contributed by atoms with Crippen LogP contribution in [0.4, 0.5) is 19.0 Å². The number of carbonyl (C=O) groups excluding carboxylic acids is 2. The van der Waals surface area contributed by atoms with Gasteiger partial charge in [-0.1, -0.05) is 11.6 Å². The molecule has 2 atom stereocenters. The molecule has 0 spiro atoms. The lowest BCUT2D eigenvalue weighted by Crippen LogP contribution is -2.54. The molecule has 4 rings (SSSR count). The van der Waals surface area contributed by atoms with E-state index in [1.807, 2.05) is 4.90 Å². The van der Waals surface area contributed by atoms with Crippen LogP contribution in [0.1, 0.15) is 33.5 Å². The predicted octanol–water partition coefficient (Wildman–Crippen LogP) is 2.33. The average Bonchev–Trinajstić information content (AvgIpc) is 3.25. The van der Waals surface area contributed by atoms with Crippen LogP contribution in [0.5, 0.6) is 0 Å². The third-order valence-electron chi connectivity index (χ3n) is 6.24. The topological polar surface area (TPSA) is 99.1 Å². The number of nitrogens with zero attached hydrogens (tertiary/aromatic N) is 5. The van der Waals surface area contributed by atoms with Crippen molar-refractivity contribution in [2.45, 2.75) is 25.2 Å². The number of aromatic nitrogens is 2. The quantitative estimate of drug-likeness (QED) is 0.592. The van der Waals surface area contributed by atoms with Crippen LogP contribution >= 0.6 is 11.6 Å². The normalized spacial score (nSPS) is 21.1. The Balaban J connectivity index is 1.47. The molecule has 1 aromatic heterocycles. The Labute approximate surface area is 210 Å². The SMILES string of the molecule is CCOC(=O)c1cnc(C(F)(F)F)nc1N1CC(O)C(N2CCN(C(=O)c3ccc(Cl)cc3)CC2)C1. The molecule has 2 aromatic rings. The van der Waals surface area contributed by atoms with Crippen molar-refractivity contribution in [1.82, 2.24) is 19.8 Å². The highest BCUT2D eigenvalue weighted by Gasteiger charge is 2.41. The van der Waals surface area contributed by atoms with Gasteiger partial charge in [-0.3, -0.25) is 9.69 Å². The highest BCUT2D eigenvalue weighted by Crippen LogP contribution is 2.31. The molecule has 194 valence electrons. The second-order valence-electron chi connectivity index (χ2n) is 8.52. The van der Waals surface area contributed by atoms with Crippen LogP contribution < -0.4 is 4.90 Å². The minimum absolute atomic E-state index is 0.0185. The maximum absolute atomic E-state index is 13.3. The van der Waals surface area contributed by atoms with Gasteiger partial charge in [-0.2, -0.15) is 13.2 Å². The molecule has 2 fully saturated rings. The number of carbonyl (C=O) groups is 2. The van der Waals surface area contributed by atoms with Crippen LogP contribution in [0.25, 0.3) is 0 Å². The summed E-state index contributed by atoms with van der Waals surface area (Å²) in [5.74, 6) is -2.57. The van der Waals surface area contributed by atoms with Gasteiger partial charge in [0, 0.05) is 56.1 Å². The minimum atomic E-state index is -4.80. The van der Waals surface area contributed by atoms with Gasteiger partial charge in [0.2, 0.25) is 5.82 Å². The Morgan fingerprint density at radius 1 is 1.14 bits per heavy atom. The molecule has 0 saturated carbocycles. The molecule has 0 bridgehead atoms. The van der Waals surface area contributed by atoms with Gasteiger partial charge in [-0.15, -0.1) is 0 Å². The average molecular weight is 528 g/mol. The summed E-state index contributed by atoms with van der Waals surface area (Å²) in [5, 5.41) is 11.3. The lowest BCUT2D eigenvalue weighted by atomic mass is 10.1. The van der Waals surface area contributed by atoms with E-state index in [2.05, 4.69) is 9.97 Å². The van der Waals surface area contributed by atoms with E-state index in [-0.39, 0.29) is 37.0 Å². The molecule has 1 aromatic carbocycles. The van der Waals surface area contributed by atoms with Crippen molar-refractivity contribution in [3.8, 4) is 0 Å². The van der Waals surface area contributed by atoms with Crippen molar-refractivity contribution in [2.75, 3.05) is 50.8 Å². The van der Waals surface area contributed by atoms with E-state index in [0.29, 0.717) is 36.8 Å². The number of benzene rings is 1. The third-order valence-corrected chi connectivity index (χ3v) is 6.49. The molecule has 9 nitrogen and oxygen atoms in total. The Kier molecular flexibility index (Phi) is 7.67. The van der Waals surface area contributed by atoms with Gasteiger partial charge in [-0.05, 0) is 31.2 Å². The number of amides is 1. The number of ether oxygens (including phenoxy) is 1. The summed E-state index contributed by atoms with van der Waals surface area (Å²) in [6, 6.07) is 6.20. The van der Waals surface area contributed by atoms with Gasteiger partial charge in [0.25, 0.3) is 5.91 Å². The molecule has 0 radical (unpaired) electrons. The van der Waals surface area contributed by atoms with Crippen LogP contribution in [-0.2, 0) is 10.9 Å². The zero-order chi connectivity index (χ0) is 26.0. The smallest absolute Gasteiger partial charge is 0.451 e. The number of alkyl halides is 3. The molecule has 2 unspecified atom stereocenters. The maximum atomic E-state index is 13.3. The lowest BCUT2D eigenvalue weighted by Gasteiger charge is -2.38. The zero-order valence-corrected chi connectivity index (χ0v) is 20.2. The van der Waals surface area contributed by atoms with Gasteiger partial charge < -0.3 is 19.6 Å². The van der Waals surface area contributed by atoms with Crippen molar-refractivity contribution in [2.24, 2.45) is 0 Å². The second-order valence-corrected chi connectivity index (χ2v) is 8.96. The van der Waals surface area contributed by atoms with Crippen molar-refractivity contribution >= 4 is 29.3 Å². The van der Waals surface area contributed by atoms with Crippen molar-refractivity contribution < 1.29 is 32.6 Å². The largest absolute Gasteiger partial charge is 0.462 e. The number of β-amino-alcohol motifs (C(OH)–C–C–N with tert-alkyl or cyclic N) is 1. The summed E-state index contributed by atoms with van der Waals surface area (Å²) in [6.07, 6.45) is -4.89. The number of esters is 1. The monoisotopic (exact) mass is 527 g/mol. The van der Waals surface area contributed by atoms with Crippen LogP contribution in [-0.4, -0.2) is 94.8 Å². The predicted molar refractivity (Wildman–Crippen MR) is 124 cm³/mol. The number of hydrogen-bond acceptors (Lipinski definition) is 8. The Morgan fingerprint density at radius 2 is 1.81 bits per heavy atom. The lowest BCUT2D eigenvalue weighted by molar-refractivity contribution is -0.144. The van der Waals surface area contributed by atoms with Crippen LogP contribution in [0.3, 0.4) is 0 Å². The van der Waals surface area contributed by atoms with Crippen molar-refractivity contribution in [1.29, 1.82) is 0 Å². The zero-order valence-electron chi connectivity index (χ0n) is 19.4. The van der Waals surface area contributed by atoms with E-state index in [0.717, 1.165) is 6.20 Å². The maximum Gasteiger partial charge on any atom is 0.451 e. The molecule has 1 N–H and O–H groups in total. The van der Waals surface area contributed by atoms with Gasteiger partial charge in [-0.25, -0.2) is 14.8 Å². The van der Waals surface area contributed by atoms with Crippen LogP contribution in [0.2, 0.25) is 5.02 Å². The van der Waals surface area contributed by atoms with Gasteiger partial charge in [0.05, 0.1) is 18.8 Å². The fourth-order valence-electron chi connectivity index (χ4n) is 4.44. The van der Waals surface area contributed by atoms with Crippen LogP contribution in [0, 0.1) is 0 Å². The molecule has 2 aliphatic heterocycles. The summed E-state index contributed by atoms with van der Waals surface area (Å²) in [4.78, 5) is 37.2. The number of halogens is 4. The number of anilines is 1. The summed E-state index contributed by atoms with van der Waals surface area (Å²) in [6.45, 7) is 3.52. The molecule has 1 amide bonds. The van der Waals surface area contributed by atoms with Gasteiger partial charge in [0.15, 0.2) is 0 Å². The Morgan fingerprint density at radius 3 is 2.42 bits per heavy atom. The molecule has 0 aliphatic carbocycles. The summed E-state index contributed by atoms with van der Waals surface area (Å²) in [5.41, 5.74) is 0.326. The molecule has 3 heterocycles. The highest BCUT2D eigenvalue weighted by atomic mass is 35.5. The summed E-state index contributed by atoms with van der Waals surface area (Å²) >= 11 is 5.89. The number of aliphatic hydroxyl groups is 1. The number of rotatable bonds is 5. The van der Waals surface area contributed by atoms with E-state index in [1.165, 1.54) is 4.90 Å². The highest BCUT2D eigenvalue weighted by molar-refractivity contribution is 6.30. The van der Waals surface area contributed by atoms with E-state index in [4.69, 9.17) is 16.3 Å². The van der Waals surface area contributed by atoms with Crippen LogP contribution in [0.15, 0.2) is 30.5 Å². The first-order chi connectivity index (χ1) is 17.1. The van der Waals surface area contributed by atoms with Gasteiger partial charge in [0.1, 0.15) is 11.4 Å². The Hall–Kier alpha value is -2.96. The second kappa shape index (κ2) is 10.6. The summed E-state index contributed by atoms with van der Waals surface area (Å²) in [7, 11) is 0. The van der Waals surface area contributed by atoms with E-state index in [9.17, 15) is 27.9 Å². The number of piperazine rings is 1. The first-order valence-corrected chi connectivity index (χ1v) is 11.8. The molecule has 36 heavy (non-hydrogen) atoms. The fraction of sp³-hybridized carbons (Fsp3) is 0.478. The number of aliphatic hydroxyl groups excluding tert-OH is 1. The van der Waals surface area contributed by atoms with Gasteiger partial charge >= 0.3 is 12.1 Å². The fourth-order valence-corrected chi connectivity index (χ4v) is 4.56. The summed E-state index contributed by atoms with van der Waals surface area (Å²) < 4.78 is 44.8. The first-order valence-electron chi connectivity index (χ1n) is 11.4. The standard InChI is InChI=1S/C23H25ClF3N5O4/c1-2-36-21(35)16-11-28-22(23(25,26)27)29-19(16)32-12-17(18(33)13-32)30-7-9-31(10-8-30)20(34)14-3-5-15(24)6-4-14/h3-6,11,17-18,33H,2,7-10,12-13H2,1H3. The van der Waals surface area contributed by atoms with Crippen molar-refractivity contribution in [3.63, 3.8) is 0 Å². The molecular formula is C23H25ClF3N5O4. The van der Waals surface area contributed by atoms with E-state index >= 15 is 0 Å². The molecule has 2 saturated heterocycles. The third kappa shape index (κ3) is 5.55. The molecular weight excluding hydrogens is 503 g/mol.